The van der Waals surface area contributed by atoms with Crippen molar-refractivity contribution in [3.63, 3.8) is 0 Å². The van der Waals surface area contributed by atoms with Crippen LogP contribution in [0.25, 0.3) is 0 Å². The van der Waals surface area contributed by atoms with E-state index in [2.05, 4.69) is 10.2 Å². The number of hydrogen-bond donors (Lipinski definition) is 1. The number of rotatable bonds is 9. The molecule has 2 heterocycles. The van der Waals surface area contributed by atoms with Crippen LogP contribution in [-0.4, -0.2) is 67.7 Å². The number of likely N-dealkylation sites (tertiary alicyclic amines) is 1. The van der Waals surface area contributed by atoms with Crippen LogP contribution in [0.1, 0.15) is 24.0 Å². The van der Waals surface area contributed by atoms with Crippen molar-refractivity contribution in [1.29, 1.82) is 0 Å². The second-order valence-electron chi connectivity index (χ2n) is 9.18. The molecule has 7 nitrogen and oxygen atoms in total. The van der Waals surface area contributed by atoms with Crippen LogP contribution in [0, 0.1) is 17.6 Å². The lowest BCUT2D eigenvalue weighted by Crippen LogP contribution is -2.57. The zero-order chi connectivity index (χ0) is 25.0. The van der Waals surface area contributed by atoms with Crippen molar-refractivity contribution in [2.24, 2.45) is 5.92 Å². The minimum atomic E-state index is -1.06. The first-order chi connectivity index (χ1) is 16.9. The maximum Gasteiger partial charge on any atom is 0.325 e. The van der Waals surface area contributed by atoms with Crippen LogP contribution >= 0.6 is 0 Å². The number of hydrogen-bond acceptors (Lipinski definition) is 5. The number of nitrogens with one attached hydrogen (secondary N) is 1. The van der Waals surface area contributed by atoms with E-state index in [1.54, 1.807) is 13.2 Å². The molecule has 2 aliphatic heterocycles. The van der Waals surface area contributed by atoms with Gasteiger partial charge in [-0.3, -0.25) is 14.6 Å². The van der Waals surface area contributed by atoms with Gasteiger partial charge < -0.3 is 14.8 Å². The molecular weight excluding hydrogens is 456 g/mol. The quantitative estimate of drug-likeness (QED) is 0.550. The molecule has 4 rings (SSSR count). The highest BCUT2D eigenvalue weighted by atomic mass is 19.2. The Bertz CT molecular complexity index is 1070. The van der Waals surface area contributed by atoms with Gasteiger partial charge in [-0.1, -0.05) is 18.2 Å². The lowest BCUT2D eigenvalue weighted by Gasteiger charge is -2.41. The van der Waals surface area contributed by atoms with E-state index in [0.717, 1.165) is 11.6 Å². The van der Waals surface area contributed by atoms with Crippen LogP contribution in [0.15, 0.2) is 42.5 Å². The minimum absolute atomic E-state index is 0.0844. The molecule has 2 fully saturated rings. The normalized spacial score (nSPS) is 21.4. The van der Waals surface area contributed by atoms with Crippen molar-refractivity contribution in [3.8, 4) is 5.75 Å². The summed E-state index contributed by atoms with van der Waals surface area (Å²) in [6.07, 6.45) is 1.71. The van der Waals surface area contributed by atoms with Crippen molar-refractivity contribution in [1.82, 2.24) is 15.1 Å². The molecule has 0 spiro atoms. The monoisotopic (exact) mass is 487 g/mol. The molecule has 2 aromatic rings. The molecule has 1 N–H and O–H groups in total. The molecule has 0 radical (unpaired) electrons. The Morgan fingerprint density at radius 3 is 2.49 bits per heavy atom. The lowest BCUT2D eigenvalue weighted by molar-refractivity contribution is -0.134. The fraction of sp³-hybridized carbons (Fsp3) is 0.462. The van der Waals surface area contributed by atoms with Crippen molar-refractivity contribution in [3.05, 3.63) is 65.2 Å². The molecule has 2 aromatic carbocycles. The first kappa shape index (κ1) is 25.1. The van der Waals surface area contributed by atoms with Gasteiger partial charge in [-0.15, -0.1) is 0 Å². The molecule has 1 atom stereocenters. The van der Waals surface area contributed by atoms with Gasteiger partial charge in [-0.25, -0.2) is 13.6 Å². The van der Waals surface area contributed by atoms with E-state index in [4.69, 9.17) is 9.47 Å². The van der Waals surface area contributed by atoms with Crippen LogP contribution in [0.4, 0.5) is 13.6 Å². The highest BCUT2D eigenvalue weighted by Gasteiger charge is 2.55. The van der Waals surface area contributed by atoms with E-state index in [9.17, 15) is 18.4 Å². The minimum Gasteiger partial charge on any atom is -0.497 e. The summed E-state index contributed by atoms with van der Waals surface area (Å²) in [6, 6.07) is 11.1. The van der Waals surface area contributed by atoms with E-state index in [1.165, 1.54) is 18.1 Å². The summed E-state index contributed by atoms with van der Waals surface area (Å²) in [7, 11) is 3.12. The summed E-state index contributed by atoms with van der Waals surface area (Å²) in [5.41, 5.74) is 0.533. The summed E-state index contributed by atoms with van der Waals surface area (Å²) in [6.45, 7) is 2.29. The van der Waals surface area contributed by atoms with Gasteiger partial charge >= 0.3 is 6.03 Å². The Morgan fingerprint density at radius 2 is 1.80 bits per heavy atom. The third-order valence-electron chi connectivity index (χ3n) is 7.01. The summed E-state index contributed by atoms with van der Waals surface area (Å²) >= 11 is 0. The third kappa shape index (κ3) is 5.31. The molecule has 0 aromatic heterocycles. The van der Waals surface area contributed by atoms with Crippen molar-refractivity contribution in [2.45, 2.75) is 31.3 Å². The van der Waals surface area contributed by atoms with Gasteiger partial charge in [0.25, 0.3) is 5.91 Å². The standard InChI is InChI=1S/C26H31F2N3O4/c1-34-13-12-31-24(32)26(29-25(31)33,16-18-4-3-5-21(14-18)35-2)20-8-10-30(11-9-20)17-19-6-7-22(27)23(28)15-19/h3-7,14-15,20H,8-13,16-17H2,1-2H3,(H,29,33)/t26-/m0/s1. The second kappa shape index (κ2) is 10.7. The molecule has 3 amide bonds. The number of ether oxygens (including phenoxy) is 2. The molecule has 35 heavy (non-hydrogen) atoms. The second-order valence-corrected chi connectivity index (χ2v) is 9.18. The first-order valence-corrected chi connectivity index (χ1v) is 11.8. The van der Waals surface area contributed by atoms with E-state index in [0.29, 0.717) is 50.2 Å². The maximum atomic E-state index is 13.7. The van der Waals surface area contributed by atoms with Crippen molar-refractivity contribution >= 4 is 11.9 Å². The van der Waals surface area contributed by atoms with Crippen LogP contribution < -0.4 is 10.1 Å². The van der Waals surface area contributed by atoms with Gasteiger partial charge in [0.1, 0.15) is 11.3 Å². The Kier molecular flexibility index (Phi) is 7.66. The highest BCUT2D eigenvalue weighted by Crippen LogP contribution is 2.37. The topological polar surface area (TPSA) is 71.1 Å². The average Bonchev–Trinajstić information content (AvgIpc) is 3.10. The number of nitrogens with zero attached hydrogens (tertiary/aromatic N) is 2. The molecule has 0 bridgehead atoms. The molecule has 0 aliphatic carbocycles. The number of halogens is 2. The molecule has 2 saturated heterocycles. The smallest absolute Gasteiger partial charge is 0.325 e. The summed E-state index contributed by atoms with van der Waals surface area (Å²) < 4.78 is 37.3. The average molecular weight is 488 g/mol. The number of amides is 3. The summed E-state index contributed by atoms with van der Waals surface area (Å²) in [5, 5.41) is 3.04. The molecule has 0 saturated carbocycles. The van der Waals surface area contributed by atoms with Gasteiger partial charge in [0.15, 0.2) is 11.6 Å². The Morgan fingerprint density at radius 1 is 1.03 bits per heavy atom. The molecule has 2 aliphatic rings. The third-order valence-corrected chi connectivity index (χ3v) is 7.01. The van der Waals surface area contributed by atoms with Crippen LogP contribution in [-0.2, 0) is 22.5 Å². The molecular formula is C26H31F2N3O4. The zero-order valence-electron chi connectivity index (χ0n) is 20.1. The van der Waals surface area contributed by atoms with Crippen LogP contribution in [0.5, 0.6) is 5.75 Å². The van der Waals surface area contributed by atoms with Gasteiger partial charge in [0.2, 0.25) is 0 Å². The maximum absolute atomic E-state index is 13.7. The number of carbonyl (C=O) groups is 2. The van der Waals surface area contributed by atoms with Gasteiger partial charge in [0, 0.05) is 20.1 Å². The van der Waals surface area contributed by atoms with E-state index >= 15 is 0 Å². The number of imide groups is 1. The summed E-state index contributed by atoms with van der Waals surface area (Å²) in [5.74, 6) is -1.35. The molecule has 9 heteroatoms. The predicted molar refractivity (Wildman–Crippen MR) is 126 cm³/mol. The highest BCUT2D eigenvalue weighted by molar-refractivity contribution is 6.07. The molecule has 0 unspecified atom stereocenters. The van der Waals surface area contributed by atoms with Crippen molar-refractivity contribution < 1.29 is 27.8 Å². The number of urea groups is 1. The van der Waals surface area contributed by atoms with Gasteiger partial charge in [0.05, 0.1) is 20.3 Å². The van der Waals surface area contributed by atoms with Gasteiger partial charge in [-0.2, -0.15) is 0 Å². The number of piperidine rings is 1. The first-order valence-electron chi connectivity index (χ1n) is 11.8. The number of carbonyl (C=O) groups excluding carboxylic acids is 2. The Balaban J connectivity index is 1.53. The van der Waals surface area contributed by atoms with E-state index in [1.807, 2.05) is 24.3 Å². The number of benzene rings is 2. The Hall–Kier alpha value is -3.04. The zero-order valence-corrected chi connectivity index (χ0v) is 20.1. The van der Waals surface area contributed by atoms with Crippen LogP contribution in [0.2, 0.25) is 0 Å². The summed E-state index contributed by atoms with van der Waals surface area (Å²) in [4.78, 5) is 30.0. The van der Waals surface area contributed by atoms with E-state index < -0.39 is 23.2 Å². The fourth-order valence-electron chi connectivity index (χ4n) is 5.16. The lowest BCUT2D eigenvalue weighted by atomic mass is 9.74. The van der Waals surface area contributed by atoms with Gasteiger partial charge in [-0.05, 0) is 67.2 Å². The van der Waals surface area contributed by atoms with Crippen LogP contribution in [0.3, 0.4) is 0 Å². The number of methoxy groups -OCH3 is 2. The largest absolute Gasteiger partial charge is 0.497 e. The van der Waals surface area contributed by atoms with E-state index in [-0.39, 0.29) is 25.0 Å². The van der Waals surface area contributed by atoms with Crippen molar-refractivity contribution in [2.75, 3.05) is 40.5 Å². The molecule has 188 valence electrons. The fourth-order valence-corrected chi connectivity index (χ4v) is 5.16. The SMILES string of the molecule is COCCN1C(=O)N[C@@](Cc2cccc(OC)c2)(C2CCN(Cc3ccc(F)c(F)c3)CC2)C1=O. The predicted octanol–water partition coefficient (Wildman–Crippen LogP) is 3.37. The Labute approximate surface area is 204 Å².